The molecule has 1 atom stereocenters. The number of nitrogens with zero attached hydrogens (tertiary/aromatic N) is 1. The molecule has 0 radical (unpaired) electrons. The second-order valence-corrected chi connectivity index (χ2v) is 6.71. The number of aromatic nitrogens is 1. The van der Waals surface area contributed by atoms with E-state index in [9.17, 15) is 9.59 Å². The molecule has 0 bridgehead atoms. The zero-order chi connectivity index (χ0) is 18.4. The van der Waals surface area contributed by atoms with E-state index in [1.54, 1.807) is 33.2 Å². The largest absolute Gasteiger partial charge is 0.448 e. The fourth-order valence-corrected chi connectivity index (χ4v) is 2.49. The van der Waals surface area contributed by atoms with Gasteiger partial charge in [-0.3, -0.25) is 4.98 Å². The van der Waals surface area contributed by atoms with Crippen LogP contribution in [0.1, 0.15) is 26.3 Å². The van der Waals surface area contributed by atoms with Crippen molar-refractivity contribution in [3.63, 3.8) is 0 Å². The zero-order valence-electron chi connectivity index (χ0n) is 14.4. The lowest BCUT2D eigenvalue weighted by molar-refractivity contribution is -0.144. The van der Waals surface area contributed by atoms with Crippen LogP contribution >= 0.6 is 11.6 Å². The van der Waals surface area contributed by atoms with Gasteiger partial charge in [0.15, 0.2) is 6.07 Å². The molecule has 0 saturated heterocycles. The predicted octanol–water partition coefficient (Wildman–Crippen LogP) is 3.41. The molecule has 0 unspecified atom stereocenters. The average molecular weight is 365 g/mol. The highest BCUT2D eigenvalue weighted by Crippen LogP contribution is 2.19. The molecule has 0 spiro atoms. The number of hydrogen-bond acceptors (Lipinski definition) is 5. The third-order valence-electron chi connectivity index (χ3n) is 3.37. The maximum atomic E-state index is 12.2. The van der Waals surface area contributed by atoms with Crippen molar-refractivity contribution in [2.45, 2.75) is 38.8 Å². The lowest BCUT2D eigenvalue weighted by atomic mass is 10.00. The van der Waals surface area contributed by atoms with Gasteiger partial charge in [0.1, 0.15) is 11.6 Å². The number of fused-ring (bicyclic) bond motifs is 1. The monoisotopic (exact) mass is 364 g/mol. The number of amides is 1. The van der Waals surface area contributed by atoms with E-state index >= 15 is 0 Å². The van der Waals surface area contributed by atoms with Gasteiger partial charge >= 0.3 is 12.1 Å². The Kier molecular flexibility index (Phi) is 6.20. The molecular weight excluding hydrogens is 344 g/mol. The first-order valence-electron chi connectivity index (χ1n) is 7.84. The van der Waals surface area contributed by atoms with Crippen LogP contribution < -0.4 is 5.32 Å². The van der Waals surface area contributed by atoms with Crippen molar-refractivity contribution in [2.75, 3.05) is 6.07 Å². The first-order chi connectivity index (χ1) is 11.8. The van der Waals surface area contributed by atoms with Crippen LogP contribution in [0.25, 0.3) is 10.8 Å². The molecule has 1 N–H and O–H groups in total. The van der Waals surface area contributed by atoms with Gasteiger partial charge < -0.3 is 14.8 Å². The van der Waals surface area contributed by atoms with Gasteiger partial charge in [-0.25, -0.2) is 9.59 Å². The van der Waals surface area contributed by atoms with Crippen LogP contribution in [0, 0.1) is 0 Å². The number of nitrogens with one attached hydrogen (secondary N) is 1. The molecule has 0 aliphatic carbocycles. The maximum Gasteiger partial charge on any atom is 0.408 e. The predicted molar refractivity (Wildman–Crippen MR) is 95.4 cm³/mol. The lowest BCUT2D eigenvalue weighted by Crippen LogP contribution is -2.45. The van der Waals surface area contributed by atoms with Gasteiger partial charge in [-0.05, 0) is 37.8 Å². The number of ether oxygens (including phenoxy) is 2. The SMILES string of the molecule is CC(C)(C)OC(=O)N[C@@H](Cc1cccc2cnccc12)C(=O)OCCl. The second kappa shape index (κ2) is 8.16. The van der Waals surface area contributed by atoms with E-state index in [1.807, 2.05) is 24.3 Å². The molecule has 1 aromatic carbocycles. The molecule has 1 heterocycles. The Morgan fingerprint density at radius 3 is 2.72 bits per heavy atom. The van der Waals surface area contributed by atoms with E-state index in [0.717, 1.165) is 16.3 Å². The van der Waals surface area contributed by atoms with Gasteiger partial charge in [0.2, 0.25) is 0 Å². The van der Waals surface area contributed by atoms with Crippen LogP contribution in [-0.2, 0) is 20.7 Å². The van der Waals surface area contributed by atoms with Crippen molar-refractivity contribution in [3.8, 4) is 0 Å². The first-order valence-corrected chi connectivity index (χ1v) is 8.37. The standard InChI is InChI=1S/C18H21ClN2O4/c1-18(2,3)25-17(23)21-15(16(22)24-11-19)9-12-5-4-6-13-10-20-8-7-14(12)13/h4-8,10,15H,9,11H2,1-3H3,(H,21,23)/t15-/m0/s1. The van der Waals surface area contributed by atoms with E-state index < -0.39 is 23.7 Å². The molecule has 7 heteroatoms. The Balaban J connectivity index is 2.23. The summed E-state index contributed by atoms with van der Waals surface area (Å²) in [6.45, 7) is 5.24. The molecule has 2 rings (SSSR count). The zero-order valence-corrected chi connectivity index (χ0v) is 15.2. The minimum absolute atomic E-state index is 0.246. The number of hydrogen-bond donors (Lipinski definition) is 1. The number of halogens is 1. The minimum Gasteiger partial charge on any atom is -0.448 e. The van der Waals surface area contributed by atoms with E-state index in [1.165, 1.54) is 0 Å². The first kappa shape index (κ1) is 19.0. The molecule has 0 aliphatic rings. The minimum atomic E-state index is -0.910. The van der Waals surface area contributed by atoms with Crippen LogP contribution in [-0.4, -0.2) is 34.8 Å². The number of carbonyl (C=O) groups is 2. The molecule has 1 aromatic heterocycles. The third-order valence-corrected chi connectivity index (χ3v) is 3.48. The van der Waals surface area contributed by atoms with E-state index in [4.69, 9.17) is 21.1 Å². The summed E-state index contributed by atoms with van der Waals surface area (Å²) in [5, 5.41) is 4.46. The summed E-state index contributed by atoms with van der Waals surface area (Å²) in [4.78, 5) is 28.3. The topological polar surface area (TPSA) is 77.5 Å². The summed E-state index contributed by atoms with van der Waals surface area (Å²) >= 11 is 5.49. The number of pyridine rings is 1. The van der Waals surface area contributed by atoms with Gasteiger partial charge in [0.25, 0.3) is 0 Å². The van der Waals surface area contributed by atoms with Crippen molar-refractivity contribution in [1.82, 2.24) is 10.3 Å². The Hall–Kier alpha value is -2.34. The molecule has 1 amide bonds. The average Bonchev–Trinajstić information content (AvgIpc) is 2.53. The Morgan fingerprint density at radius 1 is 1.28 bits per heavy atom. The highest BCUT2D eigenvalue weighted by atomic mass is 35.5. The highest BCUT2D eigenvalue weighted by Gasteiger charge is 2.26. The summed E-state index contributed by atoms with van der Waals surface area (Å²) in [6.07, 6.45) is 2.98. The smallest absolute Gasteiger partial charge is 0.408 e. The Labute approximate surface area is 151 Å². The quantitative estimate of drug-likeness (QED) is 0.649. The number of alkyl carbamates (subject to hydrolysis) is 1. The fraction of sp³-hybridized carbons (Fsp3) is 0.389. The molecule has 0 saturated carbocycles. The number of esters is 1. The molecular formula is C18H21ClN2O4. The molecule has 0 aliphatic heterocycles. The van der Waals surface area contributed by atoms with Gasteiger partial charge in [-0.15, -0.1) is 0 Å². The highest BCUT2D eigenvalue weighted by molar-refractivity contribution is 6.17. The van der Waals surface area contributed by atoms with Crippen molar-refractivity contribution < 1.29 is 19.1 Å². The van der Waals surface area contributed by atoms with Crippen molar-refractivity contribution in [3.05, 3.63) is 42.2 Å². The van der Waals surface area contributed by atoms with Crippen LogP contribution in [0.15, 0.2) is 36.7 Å². The van der Waals surface area contributed by atoms with Crippen molar-refractivity contribution in [2.24, 2.45) is 0 Å². The van der Waals surface area contributed by atoms with Gasteiger partial charge in [0.05, 0.1) is 0 Å². The van der Waals surface area contributed by atoms with Crippen molar-refractivity contribution in [1.29, 1.82) is 0 Å². The van der Waals surface area contributed by atoms with Gasteiger partial charge in [-0.1, -0.05) is 29.8 Å². The summed E-state index contributed by atoms with van der Waals surface area (Å²) in [6, 6.07) is 6.36. The summed E-state index contributed by atoms with van der Waals surface area (Å²) in [5.74, 6) is -0.619. The van der Waals surface area contributed by atoms with Crippen molar-refractivity contribution >= 4 is 34.4 Å². The summed E-state index contributed by atoms with van der Waals surface area (Å²) < 4.78 is 10.1. The van der Waals surface area contributed by atoms with Crippen LogP contribution in [0.2, 0.25) is 0 Å². The van der Waals surface area contributed by atoms with E-state index in [-0.39, 0.29) is 12.5 Å². The van der Waals surface area contributed by atoms with Crippen LogP contribution in [0.3, 0.4) is 0 Å². The van der Waals surface area contributed by atoms with Gasteiger partial charge in [0, 0.05) is 24.2 Å². The number of benzene rings is 1. The lowest BCUT2D eigenvalue weighted by Gasteiger charge is -2.23. The number of rotatable bonds is 5. The Morgan fingerprint density at radius 2 is 2.04 bits per heavy atom. The van der Waals surface area contributed by atoms with Gasteiger partial charge in [-0.2, -0.15) is 0 Å². The third kappa shape index (κ3) is 5.60. The fourth-order valence-electron chi connectivity index (χ4n) is 2.39. The molecule has 134 valence electrons. The normalized spacial score (nSPS) is 12.5. The molecule has 6 nitrogen and oxygen atoms in total. The summed E-state index contributed by atoms with van der Waals surface area (Å²) in [5.41, 5.74) is 0.211. The van der Waals surface area contributed by atoms with E-state index in [2.05, 4.69) is 10.3 Å². The molecule has 2 aromatic rings. The second-order valence-electron chi connectivity index (χ2n) is 6.49. The summed E-state index contributed by atoms with van der Waals surface area (Å²) in [7, 11) is 0. The van der Waals surface area contributed by atoms with Crippen LogP contribution in [0.4, 0.5) is 4.79 Å². The molecule has 0 fully saturated rings. The number of carbonyl (C=O) groups excluding carboxylic acids is 2. The number of alkyl halides is 1. The Bertz CT molecular complexity index is 753. The van der Waals surface area contributed by atoms with Crippen LogP contribution in [0.5, 0.6) is 0 Å². The van der Waals surface area contributed by atoms with E-state index in [0.29, 0.717) is 0 Å². The maximum absolute atomic E-state index is 12.2. The molecule has 25 heavy (non-hydrogen) atoms.